The highest BCUT2D eigenvalue weighted by Crippen LogP contribution is 2.27. The monoisotopic (exact) mass is 343 g/mol. The number of fused-ring (bicyclic) bond motifs is 3. The highest BCUT2D eigenvalue weighted by molar-refractivity contribution is 6.31. The van der Waals surface area contributed by atoms with Crippen LogP contribution in [0, 0.1) is 6.92 Å². The van der Waals surface area contributed by atoms with Crippen LogP contribution in [-0.2, 0) is 19.6 Å². The lowest BCUT2D eigenvalue weighted by atomic mass is 10.2. The van der Waals surface area contributed by atoms with E-state index >= 15 is 0 Å². The molecule has 3 aromatic rings. The van der Waals surface area contributed by atoms with Crippen LogP contribution in [0.3, 0.4) is 0 Å². The van der Waals surface area contributed by atoms with E-state index in [-0.39, 0.29) is 5.91 Å². The zero-order valence-corrected chi connectivity index (χ0v) is 14.4. The third-order valence-electron chi connectivity index (χ3n) is 4.59. The average Bonchev–Trinajstić information content (AvgIpc) is 3.13. The van der Waals surface area contributed by atoms with Crippen molar-refractivity contribution in [1.29, 1.82) is 0 Å². The second kappa shape index (κ2) is 5.63. The molecule has 0 spiro atoms. The molecule has 0 atom stereocenters. The highest BCUT2D eigenvalue weighted by atomic mass is 35.5. The minimum absolute atomic E-state index is 0.00566. The SMILES string of the molecule is CCn1nnc(C)c1C(=O)N1CCn2c(cc3ccc(Cl)cc32)C1. The molecule has 6 nitrogen and oxygen atoms in total. The van der Waals surface area contributed by atoms with E-state index in [0.29, 0.717) is 31.0 Å². The van der Waals surface area contributed by atoms with Gasteiger partial charge in [0.2, 0.25) is 0 Å². The van der Waals surface area contributed by atoms with Gasteiger partial charge in [0.05, 0.1) is 12.2 Å². The first-order valence-electron chi connectivity index (χ1n) is 8.05. The summed E-state index contributed by atoms with van der Waals surface area (Å²) in [6.45, 7) is 6.43. The maximum atomic E-state index is 12.9. The molecular weight excluding hydrogens is 326 g/mol. The molecule has 124 valence electrons. The van der Waals surface area contributed by atoms with Gasteiger partial charge in [0.1, 0.15) is 5.69 Å². The number of amides is 1. The Labute approximate surface area is 144 Å². The van der Waals surface area contributed by atoms with Crippen LogP contribution in [-0.4, -0.2) is 36.9 Å². The van der Waals surface area contributed by atoms with E-state index in [1.165, 1.54) is 0 Å². The molecule has 0 radical (unpaired) electrons. The van der Waals surface area contributed by atoms with Gasteiger partial charge in [0, 0.05) is 41.3 Å². The molecule has 0 unspecified atom stereocenters. The van der Waals surface area contributed by atoms with Gasteiger partial charge in [0.25, 0.3) is 5.91 Å². The second-order valence-electron chi connectivity index (χ2n) is 6.06. The normalized spacial score (nSPS) is 14.2. The van der Waals surface area contributed by atoms with Crippen LogP contribution in [0.5, 0.6) is 0 Å². The summed E-state index contributed by atoms with van der Waals surface area (Å²) < 4.78 is 3.91. The number of halogens is 1. The summed E-state index contributed by atoms with van der Waals surface area (Å²) in [7, 11) is 0. The van der Waals surface area contributed by atoms with E-state index in [1.807, 2.05) is 36.9 Å². The molecular formula is C17H18ClN5O. The maximum absolute atomic E-state index is 12.9. The molecule has 0 N–H and O–H groups in total. The largest absolute Gasteiger partial charge is 0.341 e. The third kappa shape index (κ3) is 2.29. The van der Waals surface area contributed by atoms with E-state index in [0.717, 1.165) is 28.2 Å². The van der Waals surface area contributed by atoms with Crippen LogP contribution >= 0.6 is 11.6 Å². The van der Waals surface area contributed by atoms with Crippen LogP contribution in [0.4, 0.5) is 0 Å². The summed E-state index contributed by atoms with van der Waals surface area (Å²) >= 11 is 6.12. The van der Waals surface area contributed by atoms with Crippen molar-refractivity contribution in [2.24, 2.45) is 0 Å². The number of hydrogen-bond acceptors (Lipinski definition) is 3. The second-order valence-corrected chi connectivity index (χ2v) is 6.49. The summed E-state index contributed by atoms with van der Waals surface area (Å²) in [6.07, 6.45) is 0. The lowest BCUT2D eigenvalue weighted by Crippen LogP contribution is -2.39. The first-order chi connectivity index (χ1) is 11.6. The van der Waals surface area contributed by atoms with E-state index in [1.54, 1.807) is 4.68 Å². The Kier molecular flexibility index (Phi) is 3.57. The Morgan fingerprint density at radius 3 is 2.92 bits per heavy atom. The van der Waals surface area contributed by atoms with Gasteiger partial charge in [-0.25, -0.2) is 4.68 Å². The van der Waals surface area contributed by atoms with Crippen LogP contribution in [0.1, 0.15) is 28.8 Å². The van der Waals surface area contributed by atoms with Crippen molar-refractivity contribution >= 4 is 28.4 Å². The van der Waals surface area contributed by atoms with Crippen molar-refractivity contribution in [3.8, 4) is 0 Å². The summed E-state index contributed by atoms with van der Waals surface area (Å²) in [5, 5.41) is 9.96. The average molecular weight is 344 g/mol. The molecule has 2 aromatic heterocycles. The first kappa shape index (κ1) is 15.2. The van der Waals surface area contributed by atoms with Gasteiger partial charge in [-0.2, -0.15) is 0 Å². The van der Waals surface area contributed by atoms with Crippen LogP contribution in [0.2, 0.25) is 5.02 Å². The zero-order chi connectivity index (χ0) is 16.8. The number of hydrogen-bond donors (Lipinski definition) is 0. The Morgan fingerprint density at radius 2 is 2.12 bits per heavy atom. The number of carbonyl (C=O) groups is 1. The van der Waals surface area contributed by atoms with Crippen molar-refractivity contribution in [3.05, 3.63) is 46.4 Å². The Morgan fingerprint density at radius 1 is 1.29 bits per heavy atom. The Hall–Kier alpha value is -2.34. The highest BCUT2D eigenvalue weighted by Gasteiger charge is 2.27. The summed E-state index contributed by atoms with van der Waals surface area (Å²) in [4.78, 5) is 14.8. The van der Waals surface area contributed by atoms with Crippen molar-refractivity contribution in [3.63, 3.8) is 0 Å². The van der Waals surface area contributed by atoms with Gasteiger partial charge in [0.15, 0.2) is 0 Å². The van der Waals surface area contributed by atoms with Crippen molar-refractivity contribution in [2.75, 3.05) is 6.54 Å². The Balaban J connectivity index is 1.68. The van der Waals surface area contributed by atoms with Crippen molar-refractivity contribution in [2.45, 2.75) is 33.5 Å². The van der Waals surface area contributed by atoms with Crippen LogP contribution < -0.4 is 0 Å². The Bertz CT molecular complexity index is 942. The predicted octanol–water partition coefficient (Wildman–Crippen LogP) is 2.87. The van der Waals surface area contributed by atoms with E-state index in [4.69, 9.17) is 11.6 Å². The third-order valence-corrected chi connectivity index (χ3v) is 4.83. The van der Waals surface area contributed by atoms with Gasteiger partial charge in [-0.05, 0) is 32.0 Å². The van der Waals surface area contributed by atoms with Gasteiger partial charge in [-0.15, -0.1) is 5.10 Å². The van der Waals surface area contributed by atoms with Crippen molar-refractivity contribution in [1.82, 2.24) is 24.5 Å². The fourth-order valence-corrected chi connectivity index (χ4v) is 3.55. The number of benzene rings is 1. The molecule has 0 fully saturated rings. The minimum atomic E-state index is -0.00566. The number of aromatic nitrogens is 4. The summed E-state index contributed by atoms with van der Waals surface area (Å²) in [5.74, 6) is -0.00566. The van der Waals surface area contributed by atoms with E-state index in [2.05, 4.69) is 20.9 Å². The van der Waals surface area contributed by atoms with Gasteiger partial charge in [-0.1, -0.05) is 22.9 Å². The first-order valence-corrected chi connectivity index (χ1v) is 8.43. The molecule has 0 saturated heterocycles. The summed E-state index contributed by atoms with van der Waals surface area (Å²) in [5.41, 5.74) is 3.52. The molecule has 3 heterocycles. The van der Waals surface area contributed by atoms with Crippen LogP contribution in [0.25, 0.3) is 10.9 Å². The minimum Gasteiger partial charge on any atom is -0.341 e. The fourth-order valence-electron chi connectivity index (χ4n) is 3.38. The maximum Gasteiger partial charge on any atom is 0.274 e. The standard InChI is InChI=1S/C17H18ClN5O/c1-3-23-16(11(2)19-20-23)17(24)21-6-7-22-14(10-21)8-12-4-5-13(18)9-15(12)22/h4-5,8-9H,3,6-7,10H2,1-2H3. The van der Waals surface area contributed by atoms with Crippen LogP contribution in [0.15, 0.2) is 24.3 Å². The van der Waals surface area contributed by atoms with E-state index < -0.39 is 0 Å². The number of carbonyl (C=O) groups excluding carboxylic acids is 1. The number of nitrogens with zero attached hydrogens (tertiary/aromatic N) is 5. The predicted molar refractivity (Wildman–Crippen MR) is 92.1 cm³/mol. The van der Waals surface area contributed by atoms with Gasteiger partial charge in [-0.3, -0.25) is 4.79 Å². The molecule has 1 aromatic carbocycles. The smallest absolute Gasteiger partial charge is 0.274 e. The topological polar surface area (TPSA) is 56.0 Å². The molecule has 0 saturated carbocycles. The van der Waals surface area contributed by atoms with Gasteiger partial charge >= 0.3 is 0 Å². The zero-order valence-electron chi connectivity index (χ0n) is 13.7. The molecule has 24 heavy (non-hydrogen) atoms. The molecule has 1 aliphatic heterocycles. The lowest BCUT2D eigenvalue weighted by molar-refractivity contribution is 0.0699. The van der Waals surface area contributed by atoms with Gasteiger partial charge < -0.3 is 9.47 Å². The van der Waals surface area contributed by atoms with Crippen molar-refractivity contribution < 1.29 is 4.79 Å². The molecule has 7 heteroatoms. The molecule has 1 amide bonds. The molecule has 4 rings (SSSR count). The number of rotatable bonds is 2. The number of aryl methyl sites for hydroxylation is 2. The summed E-state index contributed by atoms with van der Waals surface area (Å²) in [6, 6.07) is 8.04. The quantitative estimate of drug-likeness (QED) is 0.719. The fraction of sp³-hybridized carbons (Fsp3) is 0.353. The molecule has 0 bridgehead atoms. The molecule has 1 aliphatic rings. The lowest BCUT2D eigenvalue weighted by Gasteiger charge is -2.29. The van der Waals surface area contributed by atoms with E-state index in [9.17, 15) is 4.79 Å². The molecule has 0 aliphatic carbocycles.